The third kappa shape index (κ3) is 4.19. The minimum Gasteiger partial charge on any atom is -0.508 e. The first-order chi connectivity index (χ1) is 10.9. The second kappa shape index (κ2) is 7.72. The highest BCUT2D eigenvalue weighted by molar-refractivity contribution is 5.50. The van der Waals surface area contributed by atoms with E-state index < -0.39 is 0 Å². The van der Waals surface area contributed by atoms with Crippen LogP contribution < -0.4 is 0 Å². The van der Waals surface area contributed by atoms with Crippen LogP contribution in [0.1, 0.15) is 69.9 Å². The molecule has 0 spiro atoms. The summed E-state index contributed by atoms with van der Waals surface area (Å²) in [5.74, 6) is 0.869. The standard InChI is InChI=1S/C21H30O2/c1-5-6-7-8-16-12-19(22)21(20(23)13-16)18-11-15(4)9-10-17(18)14(2)3/h9,12-13,17-18,22-23H,2,5-8,10-11H2,1,3-4H3/t17-,18?/m1/s1. The molecule has 0 heterocycles. The fraction of sp³-hybridized carbons (Fsp3) is 0.524. The van der Waals surface area contributed by atoms with E-state index in [4.69, 9.17) is 0 Å². The molecule has 0 fully saturated rings. The van der Waals surface area contributed by atoms with Crippen LogP contribution >= 0.6 is 0 Å². The fourth-order valence-corrected chi connectivity index (χ4v) is 3.70. The zero-order valence-electron chi connectivity index (χ0n) is 14.7. The molecule has 2 atom stereocenters. The number of benzene rings is 1. The van der Waals surface area contributed by atoms with E-state index >= 15 is 0 Å². The summed E-state index contributed by atoms with van der Waals surface area (Å²) in [6, 6.07) is 3.68. The minimum absolute atomic E-state index is 0.113. The van der Waals surface area contributed by atoms with E-state index in [2.05, 4.69) is 26.5 Å². The van der Waals surface area contributed by atoms with E-state index in [1.165, 1.54) is 18.4 Å². The highest BCUT2D eigenvalue weighted by atomic mass is 16.3. The van der Waals surface area contributed by atoms with E-state index in [-0.39, 0.29) is 23.3 Å². The van der Waals surface area contributed by atoms with Gasteiger partial charge in [0, 0.05) is 11.5 Å². The van der Waals surface area contributed by atoms with Gasteiger partial charge in [-0.25, -0.2) is 0 Å². The number of phenolic OH excluding ortho intramolecular Hbond substituents is 2. The predicted molar refractivity (Wildman–Crippen MR) is 97.0 cm³/mol. The summed E-state index contributed by atoms with van der Waals surface area (Å²) in [7, 11) is 0. The molecule has 0 saturated heterocycles. The summed E-state index contributed by atoms with van der Waals surface area (Å²) in [4.78, 5) is 0. The Hall–Kier alpha value is -1.70. The molecule has 2 rings (SSSR count). The molecule has 0 amide bonds. The van der Waals surface area contributed by atoms with Crippen LogP contribution in [0.2, 0.25) is 0 Å². The minimum atomic E-state index is 0.113. The Morgan fingerprint density at radius 2 is 1.87 bits per heavy atom. The first kappa shape index (κ1) is 17.7. The maximum atomic E-state index is 10.6. The second-order valence-electron chi connectivity index (χ2n) is 7.05. The summed E-state index contributed by atoms with van der Waals surface area (Å²) in [6.07, 6.45) is 8.40. The van der Waals surface area contributed by atoms with Crippen molar-refractivity contribution in [2.75, 3.05) is 0 Å². The Balaban J connectivity index is 2.31. The quantitative estimate of drug-likeness (QED) is 0.511. The Bertz CT molecular complexity index is 575. The van der Waals surface area contributed by atoms with Gasteiger partial charge < -0.3 is 10.2 Å². The Labute approximate surface area is 140 Å². The largest absolute Gasteiger partial charge is 0.508 e. The molecule has 1 aliphatic rings. The van der Waals surface area contributed by atoms with Gasteiger partial charge >= 0.3 is 0 Å². The Morgan fingerprint density at radius 3 is 2.43 bits per heavy atom. The highest BCUT2D eigenvalue weighted by Crippen LogP contribution is 2.47. The van der Waals surface area contributed by atoms with Crippen molar-refractivity contribution in [3.05, 3.63) is 47.1 Å². The molecule has 0 saturated carbocycles. The van der Waals surface area contributed by atoms with Crippen LogP contribution in [0.4, 0.5) is 0 Å². The Kier molecular flexibility index (Phi) is 5.92. The third-order valence-electron chi connectivity index (χ3n) is 5.02. The summed E-state index contributed by atoms with van der Waals surface area (Å²) in [6.45, 7) is 10.5. The number of hydrogen-bond acceptors (Lipinski definition) is 2. The van der Waals surface area contributed by atoms with Crippen molar-refractivity contribution in [3.63, 3.8) is 0 Å². The molecule has 2 heteroatoms. The maximum absolute atomic E-state index is 10.6. The lowest BCUT2D eigenvalue weighted by molar-refractivity contribution is 0.391. The van der Waals surface area contributed by atoms with Crippen LogP contribution in [0.3, 0.4) is 0 Å². The molecule has 126 valence electrons. The number of rotatable bonds is 6. The van der Waals surface area contributed by atoms with Crippen LogP contribution in [0, 0.1) is 5.92 Å². The van der Waals surface area contributed by atoms with E-state index in [9.17, 15) is 10.2 Å². The number of hydrogen-bond donors (Lipinski definition) is 2. The van der Waals surface area contributed by atoms with Gasteiger partial charge in [-0.15, -0.1) is 0 Å². The Morgan fingerprint density at radius 1 is 1.22 bits per heavy atom. The van der Waals surface area contributed by atoms with Gasteiger partial charge in [-0.1, -0.05) is 43.6 Å². The second-order valence-corrected chi connectivity index (χ2v) is 7.05. The number of allylic oxidation sites excluding steroid dienone is 3. The lowest BCUT2D eigenvalue weighted by atomic mass is 9.72. The molecule has 0 radical (unpaired) electrons. The van der Waals surface area contributed by atoms with Crippen molar-refractivity contribution in [3.8, 4) is 11.5 Å². The highest BCUT2D eigenvalue weighted by Gasteiger charge is 2.31. The van der Waals surface area contributed by atoms with Gasteiger partial charge in [-0.2, -0.15) is 0 Å². The lowest BCUT2D eigenvalue weighted by Gasteiger charge is -2.32. The van der Waals surface area contributed by atoms with Gasteiger partial charge in [-0.3, -0.25) is 0 Å². The molecule has 0 aliphatic heterocycles. The van der Waals surface area contributed by atoms with E-state index in [1.54, 1.807) is 0 Å². The van der Waals surface area contributed by atoms with Crippen molar-refractivity contribution in [1.82, 2.24) is 0 Å². The molecule has 1 aromatic rings. The maximum Gasteiger partial charge on any atom is 0.123 e. The number of unbranched alkanes of at least 4 members (excludes halogenated alkanes) is 2. The SMILES string of the molecule is C=C(C)[C@H]1CC=C(C)CC1c1c(O)cc(CCCCC)cc1O. The van der Waals surface area contributed by atoms with E-state index in [0.717, 1.165) is 36.8 Å². The van der Waals surface area contributed by atoms with Crippen LogP contribution in [0.15, 0.2) is 35.9 Å². The molecule has 0 bridgehead atoms. The van der Waals surface area contributed by atoms with Gasteiger partial charge in [-0.05, 0) is 63.1 Å². The van der Waals surface area contributed by atoms with Crippen molar-refractivity contribution in [2.24, 2.45) is 5.92 Å². The molecule has 23 heavy (non-hydrogen) atoms. The molecular formula is C21H30O2. The smallest absolute Gasteiger partial charge is 0.123 e. The summed E-state index contributed by atoms with van der Waals surface area (Å²) < 4.78 is 0. The van der Waals surface area contributed by atoms with E-state index in [1.807, 2.05) is 19.1 Å². The predicted octanol–water partition coefficient (Wildman–Crippen LogP) is 5.85. The summed E-state index contributed by atoms with van der Waals surface area (Å²) in [5.41, 5.74) is 4.15. The molecule has 2 N–H and O–H groups in total. The number of phenols is 2. The third-order valence-corrected chi connectivity index (χ3v) is 5.02. The average molecular weight is 314 g/mol. The normalized spacial score (nSPS) is 21.1. The van der Waals surface area contributed by atoms with Crippen molar-refractivity contribution < 1.29 is 10.2 Å². The fourth-order valence-electron chi connectivity index (χ4n) is 3.70. The molecule has 1 aliphatic carbocycles. The molecular weight excluding hydrogens is 284 g/mol. The summed E-state index contributed by atoms with van der Waals surface area (Å²) >= 11 is 0. The first-order valence-electron chi connectivity index (χ1n) is 8.79. The molecule has 1 aromatic carbocycles. The lowest BCUT2D eigenvalue weighted by Crippen LogP contribution is -2.18. The zero-order chi connectivity index (χ0) is 17.0. The van der Waals surface area contributed by atoms with Crippen molar-refractivity contribution in [1.29, 1.82) is 0 Å². The monoisotopic (exact) mass is 314 g/mol. The number of aryl methyl sites for hydroxylation is 1. The topological polar surface area (TPSA) is 40.5 Å². The van der Waals surface area contributed by atoms with Gasteiger partial charge in [0.15, 0.2) is 0 Å². The summed E-state index contributed by atoms with van der Waals surface area (Å²) in [5, 5.41) is 21.1. The molecule has 0 aromatic heterocycles. The van der Waals surface area contributed by atoms with E-state index in [0.29, 0.717) is 5.56 Å². The van der Waals surface area contributed by atoms with Gasteiger partial charge in [0.1, 0.15) is 11.5 Å². The van der Waals surface area contributed by atoms with Crippen molar-refractivity contribution >= 4 is 0 Å². The molecule has 1 unspecified atom stereocenters. The average Bonchev–Trinajstić information content (AvgIpc) is 2.46. The van der Waals surface area contributed by atoms with Crippen molar-refractivity contribution in [2.45, 2.75) is 65.2 Å². The van der Waals surface area contributed by atoms with Gasteiger partial charge in [0.05, 0.1) is 0 Å². The van der Waals surface area contributed by atoms with Crippen LogP contribution in [-0.4, -0.2) is 10.2 Å². The number of aromatic hydroxyl groups is 2. The van der Waals surface area contributed by atoms with Gasteiger partial charge in [0.25, 0.3) is 0 Å². The first-order valence-corrected chi connectivity index (χ1v) is 8.79. The van der Waals surface area contributed by atoms with Gasteiger partial charge in [0.2, 0.25) is 0 Å². The molecule has 2 nitrogen and oxygen atoms in total. The van der Waals surface area contributed by atoms with Crippen LogP contribution in [0.5, 0.6) is 11.5 Å². The van der Waals surface area contributed by atoms with Crippen LogP contribution in [0.25, 0.3) is 0 Å². The zero-order valence-corrected chi connectivity index (χ0v) is 14.7. The van der Waals surface area contributed by atoms with Crippen LogP contribution in [-0.2, 0) is 6.42 Å².